The quantitative estimate of drug-likeness (QED) is 0.758. The number of esters is 1. The van der Waals surface area contributed by atoms with Gasteiger partial charge in [0, 0.05) is 17.1 Å². The van der Waals surface area contributed by atoms with Crippen molar-refractivity contribution >= 4 is 16.9 Å². The Morgan fingerprint density at radius 1 is 1.35 bits per heavy atom. The van der Waals surface area contributed by atoms with E-state index >= 15 is 0 Å². The molecule has 17 heavy (non-hydrogen) atoms. The first-order chi connectivity index (χ1) is 8.11. The van der Waals surface area contributed by atoms with Crippen molar-refractivity contribution in [3.63, 3.8) is 0 Å². The molecule has 0 aliphatic carbocycles. The van der Waals surface area contributed by atoms with Gasteiger partial charge in [0.2, 0.25) is 0 Å². The Balaban J connectivity index is 2.41. The summed E-state index contributed by atoms with van der Waals surface area (Å²) >= 11 is 0. The van der Waals surface area contributed by atoms with Gasteiger partial charge in [-0.3, -0.25) is 4.90 Å². The number of methoxy groups -OCH3 is 1. The van der Waals surface area contributed by atoms with E-state index in [4.69, 9.17) is 4.74 Å². The van der Waals surface area contributed by atoms with E-state index in [0.29, 0.717) is 5.56 Å². The number of hydrogen-bond acceptors (Lipinski definition) is 3. The molecule has 0 bridgehead atoms. The number of ether oxygens (including phenoxy) is 1. The van der Waals surface area contributed by atoms with Crippen molar-refractivity contribution in [1.29, 1.82) is 0 Å². The van der Waals surface area contributed by atoms with Gasteiger partial charge >= 0.3 is 5.97 Å². The Kier molecular flexibility index (Phi) is 3.15. The third kappa shape index (κ3) is 2.31. The molecule has 0 amide bonds. The molecule has 0 atom stereocenters. The molecular formula is C13H16N2O2. The zero-order valence-electron chi connectivity index (χ0n) is 10.3. The largest absolute Gasteiger partial charge is 0.465 e. The van der Waals surface area contributed by atoms with E-state index in [1.807, 2.05) is 38.5 Å². The van der Waals surface area contributed by atoms with E-state index in [2.05, 4.69) is 9.47 Å². The molecule has 1 aromatic heterocycles. The summed E-state index contributed by atoms with van der Waals surface area (Å²) < 4.78 is 6.84. The van der Waals surface area contributed by atoms with Crippen LogP contribution in [0.5, 0.6) is 0 Å². The zero-order valence-corrected chi connectivity index (χ0v) is 10.3. The molecule has 0 aliphatic heterocycles. The second-order valence-electron chi connectivity index (χ2n) is 4.27. The lowest BCUT2D eigenvalue weighted by Crippen LogP contribution is -2.15. The van der Waals surface area contributed by atoms with E-state index in [9.17, 15) is 4.79 Å². The van der Waals surface area contributed by atoms with Gasteiger partial charge in [0.1, 0.15) is 0 Å². The summed E-state index contributed by atoms with van der Waals surface area (Å²) in [5.74, 6) is -0.299. The fourth-order valence-corrected chi connectivity index (χ4v) is 1.87. The third-order valence-electron chi connectivity index (χ3n) is 2.63. The van der Waals surface area contributed by atoms with Gasteiger partial charge in [0.15, 0.2) is 0 Å². The Hall–Kier alpha value is -1.81. The van der Waals surface area contributed by atoms with Crippen molar-refractivity contribution < 1.29 is 9.53 Å². The summed E-state index contributed by atoms with van der Waals surface area (Å²) in [6.45, 7) is 0.821. The van der Waals surface area contributed by atoms with Crippen LogP contribution in [0.15, 0.2) is 30.5 Å². The van der Waals surface area contributed by atoms with Crippen LogP contribution >= 0.6 is 0 Å². The molecule has 1 heterocycles. The average Bonchev–Trinajstić information content (AvgIpc) is 2.70. The van der Waals surface area contributed by atoms with Gasteiger partial charge in [-0.15, -0.1) is 0 Å². The number of carbonyl (C=O) groups is 1. The lowest BCUT2D eigenvalue weighted by Gasteiger charge is -2.12. The number of nitrogens with zero attached hydrogens (tertiary/aromatic N) is 2. The number of benzene rings is 1. The minimum absolute atomic E-state index is 0.299. The maximum atomic E-state index is 11.4. The highest BCUT2D eigenvalue weighted by molar-refractivity contribution is 5.94. The SMILES string of the molecule is COC(=O)c1ccc2c(ccn2CN(C)C)c1. The maximum absolute atomic E-state index is 11.4. The monoisotopic (exact) mass is 232 g/mol. The van der Waals surface area contributed by atoms with Gasteiger partial charge in [-0.2, -0.15) is 0 Å². The fraction of sp³-hybridized carbons (Fsp3) is 0.308. The number of rotatable bonds is 3. The Morgan fingerprint density at radius 3 is 2.76 bits per heavy atom. The minimum atomic E-state index is -0.299. The second kappa shape index (κ2) is 4.59. The van der Waals surface area contributed by atoms with Gasteiger partial charge in [-0.05, 0) is 38.4 Å². The first kappa shape index (κ1) is 11.7. The molecular weight excluding hydrogens is 216 g/mol. The number of fused-ring (bicyclic) bond motifs is 1. The second-order valence-corrected chi connectivity index (χ2v) is 4.27. The summed E-state index contributed by atoms with van der Waals surface area (Å²) in [5.41, 5.74) is 1.70. The molecule has 0 saturated heterocycles. The van der Waals surface area contributed by atoms with Gasteiger partial charge in [-0.1, -0.05) is 0 Å². The highest BCUT2D eigenvalue weighted by Gasteiger charge is 2.08. The predicted molar refractivity (Wildman–Crippen MR) is 67.0 cm³/mol. The molecule has 0 aliphatic rings. The number of hydrogen-bond donors (Lipinski definition) is 0. The van der Waals surface area contributed by atoms with Gasteiger partial charge in [0.25, 0.3) is 0 Å². The highest BCUT2D eigenvalue weighted by Crippen LogP contribution is 2.18. The lowest BCUT2D eigenvalue weighted by atomic mass is 10.1. The summed E-state index contributed by atoms with van der Waals surface area (Å²) in [5, 5.41) is 1.05. The van der Waals surface area contributed by atoms with Gasteiger partial charge in [0.05, 0.1) is 19.3 Å². The van der Waals surface area contributed by atoms with Crippen LogP contribution in [0.1, 0.15) is 10.4 Å². The van der Waals surface area contributed by atoms with E-state index in [1.54, 1.807) is 6.07 Å². The first-order valence-electron chi connectivity index (χ1n) is 5.44. The predicted octanol–water partition coefficient (Wildman–Crippen LogP) is 1.95. The van der Waals surface area contributed by atoms with Crippen LogP contribution < -0.4 is 0 Å². The molecule has 90 valence electrons. The van der Waals surface area contributed by atoms with Crippen molar-refractivity contribution in [3.8, 4) is 0 Å². The molecule has 0 unspecified atom stereocenters. The van der Waals surface area contributed by atoms with Crippen LogP contribution in [0.25, 0.3) is 10.9 Å². The summed E-state index contributed by atoms with van der Waals surface area (Å²) in [7, 11) is 5.44. The highest BCUT2D eigenvalue weighted by atomic mass is 16.5. The summed E-state index contributed by atoms with van der Waals surface area (Å²) in [6, 6.07) is 7.60. The van der Waals surface area contributed by atoms with Crippen LogP contribution in [-0.4, -0.2) is 36.6 Å². The molecule has 4 heteroatoms. The molecule has 0 fully saturated rings. The van der Waals surface area contributed by atoms with Gasteiger partial charge in [-0.25, -0.2) is 4.79 Å². The molecule has 1 aromatic carbocycles. The Bertz CT molecular complexity index is 543. The molecule has 2 aromatic rings. The van der Waals surface area contributed by atoms with Crippen LogP contribution in [0.2, 0.25) is 0 Å². The van der Waals surface area contributed by atoms with Crippen molar-refractivity contribution in [3.05, 3.63) is 36.0 Å². The van der Waals surface area contributed by atoms with Gasteiger partial charge < -0.3 is 9.30 Å². The average molecular weight is 232 g/mol. The molecule has 0 spiro atoms. The first-order valence-corrected chi connectivity index (χ1v) is 5.44. The van der Waals surface area contributed by atoms with Crippen molar-refractivity contribution in [2.45, 2.75) is 6.67 Å². The van der Waals surface area contributed by atoms with Crippen molar-refractivity contribution in [1.82, 2.24) is 9.47 Å². The summed E-state index contributed by atoms with van der Waals surface area (Å²) in [6.07, 6.45) is 2.02. The lowest BCUT2D eigenvalue weighted by molar-refractivity contribution is 0.0601. The molecule has 0 saturated carbocycles. The fourth-order valence-electron chi connectivity index (χ4n) is 1.87. The smallest absolute Gasteiger partial charge is 0.337 e. The number of aromatic nitrogens is 1. The van der Waals surface area contributed by atoms with Crippen LogP contribution in [0, 0.1) is 0 Å². The van der Waals surface area contributed by atoms with Crippen LogP contribution in [0.4, 0.5) is 0 Å². The van der Waals surface area contributed by atoms with Crippen LogP contribution in [-0.2, 0) is 11.4 Å². The third-order valence-corrected chi connectivity index (χ3v) is 2.63. The number of carbonyl (C=O) groups excluding carboxylic acids is 1. The Labute approximate surface area is 100 Å². The molecule has 2 rings (SSSR count). The van der Waals surface area contributed by atoms with Crippen molar-refractivity contribution in [2.24, 2.45) is 0 Å². The van der Waals surface area contributed by atoms with E-state index in [1.165, 1.54) is 7.11 Å². The minimum Gasteiger partial charge on any atom is -0.465 e. The molecule has 0 N–H and O–H groups in total. The van der Waals surface area contributed by atoms with Crippen LogP contribution in [0.3, 0.4) is 0 Å². The molecule has 0 radical (unpaired) electrons. The normalized spacial score (nSPS) is 11.1. The maximum Gasteiger partial charge on any atom is 0.337 e. The van der Waals surface area contributed by atoms with Crippen molar-refractivity contribution in [2.75, 3.05) is 21.2 Å². The van der Waals surface area contributed by atoms with E-state index in [-0.39, 0.29) is 5.97 Å². The Morgan fingerprint density at radius 2 is 2.12 bits per heavy atom. The summed E-state index contributed by atoms with van der Waals surface area (Å²) in [4.78, 5) is 13.5. The van der Waals surface area contributed by atoms with E-state index < -0.39 is 0 Å². The van der Waals surface area contributed by atoms with E-state index in [0.717, 1.165) is 17.6 Å². The standard InChI is InChI=1S/C13H16N2O2/c1-14(2)9-15-7-6-10-8-11(13(16)17-3)4-5-12(10)15/h4-8H,9H2,1-3H3. The zero-order chi connectivity index (χ0) is 12.4. The topological polar surface area (TPSA) is 34.5 Å². The molecule has 4 nitrogen and oxygen atoms in total.